The predicted octanol–water partition coefficient (Wildman–Crippen LogP) is 4.26. The highest BCUT2D eigenvalue weighted by atomic mass is 32.1. The number of nitriles is 1. The number of nitrogens with zero attached hydrogens (tertiary/aromatic N) is 4. The van der Waals surface area contributed by atoms with Crippen LogP contribution in [0, 0.1) is 17.2 Å². The van der Waals surface area contributed by atoms with E-state index >= 15 is 0 Å². The molecule has 2 heterocycles. The monoisotopic (exact) mass is 379 g/mol. The molecule has 3 rings (SSSR count). The van der Waals surface area contributed by atoms with E-state index in [-0.39, 0.29) is 5.91 Å². The average Bonchev–Trinajstić information content (AvgIpc) is 3.22. The summed E-state index contributed by atoms with van der Waals surface area (Å²) < 4.78 is 2.04. The molecule has 27 heavy (non-hydrogen) atoms. The Balaban J connectivity index is 1.72. The summed E-state index contributed by atoms with van der Waals surface area (Å²) in [5, 5.41) is 22.2. The Hall–Kier alpha value is -2.98. The van der Waals surface area contributed by atoms with Crippen LogP contribution in [-0.2, 0) is 17.8 Å². The minimum absolute atomic E-state index is 0.240. The molecule has 3 aromatic rings. The number of carbonyl (C=O) groups excluding carboxylic acids is 1. The topological polar surface area (TPSA) is 83.6 Å². The van der Waals surface area contributed by atoms with Crippen molar-refractivity contribution in [1.29, 1.82) is 5.26 Å². The van der Waals surface area contributed by atoms with Crippen molar-refractivity contribution in [3.8, 4) is 6.07 Å². The SMILES string of the molecule is CC(C)Cc1nnc(NC(=O)/C=C/c2cn(CCC#N)c3ccccc23)s1. The number of nitrogens with one attached hydrogen (secondary N) is 1. The summed E-state index contributed by atoms with van der Waals surface area (Å²) in [5.74, 6) is 0.260. The maximum atomic E-state index is 12.2. The Bertz CT molecular complexity index is 1010. The lowest BCUT2D eigenvalue weighted by molar-refractivity contribution is -0.111. The van der Waals surface area contributed by atoms with Gasteiger partial charge in [0, 0.05) is 41.7 Å². The van der Waals surface area contributed by atoms with Gasteiger partial charge in [-0.1, -0.05) is 43.4 Å². The minimum Gasteiger partial charge on any atom is -0.346 e. The number of fused-ring (bicyclic) bond motifs is 1. The van der Waals surface area contributed by atoms with Crippen molar-refractivity contribution in [3.05, 3.63) is 47.1 Å². The van der Waals surface area contributed by atoms with E-state index in [0.717, 1.165) is 27.9 Å². The van der Waals surface area contributed by atoms with Gasteiger partial charge in [0.1, 0.15) is 5.01 Å². The number of aromatic nitrogens is 3. The largest absolute Gasteiger partial charge is 0.346 e. The summed E-state index contributed by atoms with van der Waals surface area (Å²) in [7, 11) is 0. The van der Waals surface area contributed by atoms with Gasteiger partial charge in [-0.2, -0.15) is 5.26 Å². The van der Waals surface area contributed by atoms with Gasteiger partial charge < -0.3 is 4.57 Å². The van der Waals surface area contributed by atoms with Gasteiger partial charge in [-0.15, -0.1) is 10.2 Å². The van der Waals surface area contributed by atoms with E-state index in [1.165, 1.54) is 17.4 Å². The molecule has 0 aliphatic heterocycles. The number of rotatable bonds is 7. The number of hydrogen-bond acceptors (Lipinski definition) is 5. The van der Waals surface area contributed by atoms with E-state index in [0.29, 0.717) is 24.0 Å². The summed E-state index contributed by atoms with van der Waals surface area (Å²) in [4.78, 5) is 12.2. The molecule has 1 aromatic carbocycles. The van der Waals surface area contributed by atoms with Crippen LogP contribution >= 0.6 is 11.3 Å². The highest BCUT2D eigenvalue weighted by Crippen LogP contribution is 2.23. The van der Waals surface area contributed by atoms with Gasteiger partial charge >= 0.3 is 0 Å². The van der Waals surface area contributed by atoms with Gasteiger partial charge in [-0.05, 0) is 18.1 Å². The van der Waals surface area contributed by atoms with Crippen LogP contribution < -0.4 is 5.32 Å². The Morgan fingerprint density at radius 3 is 2.96 bits per heavy atom. The Labute approximate surface area is 162 Å². The first-order valence-corrected chi connectivity index (χ1v) is 9.64. The third kappa shape index (κ3) is 4.80. The molecule has 1 N–H and O–H groups in total. The second kappa shape index (κ2) is 8.60. The van der Waals surface area contributed by atoms with Crippen LogP contribution in [0.3, 0.4) is 0 Å². The number of benzene rings is 1. The maximum absolute atomic E-state index is 12.2. The van der Waals surface area contributed by atoms with Crippen LogP contribution in [0.4, 0.5) is 5.13 Å². The minimum atomic E-state index is -0.240. The van der Waals surface area contributed by atoms with Crippen molar-refractivity contribution in [2.45, 2.75) is 33.2 Å². The van der Waals surface area contributed by atoms with Gasteiger partial charge in [-0.3, -0.25) is 10.1 Å². The number of hydrogen-bond donors (Lipinski definition) is 1. The first-order valence-electron chi connectivity index (χ1n) is 8.83. The molecule has 2 aromatic heterocycles. The van der Waals surface area contributed by atoms with Crippen molar-refractivity contribution in [3.63, 3.8) is 0 Å². The van der Waals surface area contributed by atoms with E-state index in [9.17, 15) is 4.79 Å². The number of aryl methyl sites for hydroxylation is 1. The summed E-state index contributed by atoms with van der Waals surface area (Å²) in [6, 6.07) is 10.1. The second-order valence-corrected chi connectivity index (χ2v) is 7.69. The first kappa shape index (κ1) is 18.8. The fourth-order valence-corrected chi connectivity index (χ4v) is 3.77. The van der Waals surface area contributed by atoms with Crippen LogP contribution in [-0.4, -0.2) is 20.7 Å². The van der Waals surface area contributed by atoms with Crippen LogP contribution in [0.5, 0.6) is 0 Å². The van der Waals surface area contributed by atoms with Crippen molar-refractivity contribution in [1.82, 2.24) is 14.8 Å². The number of amides is 1. The van der Waals surface area contributed by atoms with Crippen LogP contribution in [0.25, 0.3) is 17.0 Å². The van der Waals surface area contributed by atoms with Crippen molar-refractivity contribution < 1.29 is 4.79 Å². The molecule has 0 fully saturated rings. The smallest absolute Gasteiger partial charge is 0.250 e. The highest BCUT2D eigenvalue weighted by molar-refractivity contribution is 7.15. The molecule has 7 heteroatoms. The zero-order valence-corrected chi connectivity index (χ0v) is 16.2. The molecule has 0 spiro atoms. The van der Waals surface area contributed by atoms with Crippen LogP contribution in [0.15, 0.2) is 36.5 Å². The molecule has 0 saturated carbocycles. The van der Waals surface area contributed by atoms with E-state index < -0.39 is 0 Å². The predicted molar refractivity (Wildman–Crippen MR) is 108 cm³/mol. The average molecular weight is 379 g/mol. The van der Waals surface area contributed by atoms with E-state index in [1.807, 2.05) is 35.0 Å². The fourth-order valence-electron chi connectivity index (χ4n) is 2.81. The normalized spacial score (nSPS) is 11.3. The van der Waals surface area contributed by atoms with Gasteiger partial charge in [0.25, 0.3) is 0 Å². The fraction of sp³-hybridized carbons (Fsp3) is 0.300. The Morgan fingerprint density at radius 2 is 2.19 bits per heavy atom. The Kier molecular flexibility index (Phi) is 5.99. The number of para-hydroxylation sites is 1. The standard InChI is InChI=1S/C20H21N5OS/c1-14(2)12-19-23-24-20(27-19)22-18(26)9-8-15-13-25(11-5-10-21)17-7-4-3-6-16(15)17/h3-4,6-9,13-14H,5,11-12H2,1-2H3,(H,22,24,26)/b9-8+. The molecule has 138 valence electrons. The summed E-state index contributed by atoms with van der Waals surface area (Å²) in [6.07, 6.45) is 6.55. The van der Waals surface area contributed by atoms with E-state index in [4.69, 9.17) is 5.26 Å². The molecule has 0 aliphatic carbocycles. The molecule has 0 unspecified atom stereocenters. The lowest BCUT2D eigenvalue weighted by atomic mass is 10.1. The summed E-state index contributed by atoms with van der Waals surface area (Å²) in [6.45, 7) is 4.87. The number of carbonyl (C=O) groups is 1. The zero-order valence-electron chi connectivity index (χ0n) is 15.3. The molecule has 0 saturated heterocycles. The van der Waals surface area contributed by atoms with E-state index in [2.05, 4.69) is 35.4 Å². The molecule has 6 nitrogen and oxygen atoms in total. The lowest BCUT2D eigenvalue weighted by Crippen LogP contribution is -2.07. The summed E-state index contributed by atoms with van der Waals surface area (Å²) >= 11 is 1.40. The third-order valence-corrected chi connectivity index (χ3v) is 4.84. The Morgan fingerprint density at radius 1 is 1.37 bits per heavy atom. The van der Waals surface area contributed by atoms with Crippen molar-refractivity contribution in [2.75, 3.05) is 5.32 Å². The van der Waals surface area contributed by atoms with Crippen molar-refractivity contribution in [2.24, 2.45) is 5.92 Å². The molecule has 1 amide bonds. The van der Waals surface area contributed by atoms with E-state index in [1.54, 1.807) is 6.08 Å². The highest BCUT2D eigenvalue weighted by Gasteiger charge is 2.09. The lowest BCUT2D eigenvalue weighted by Gasteiger charge is -2.00. The van der Waals surface area contributed by atoms with Crippen LogP contribution in [0.2, 0.25) is 0 Å². The van der Waals surface area contributed by atoms with Crippen LogP contribution in [0.1, 0.15) is 30.8 Å². The summed E-state index contributed by atoms with van der Waals surface area (Å²) in [5.41, 5.74) is 1.99. The van der Waals surface area contributed by atoms with Gasteiger partial charge in [-0.25, -0.2) is 0 Å². The zero-order chi connectivity index (χ0) is 19.2. The maximum Gasteiger partial charge on any atom is 0.250 e. The first-order chi connectivity index (χ1) is 13.1. The van der Waals surface area contributed by atoms with Crippen molar-refractivity contribution >= 4 is 39.4 Å². The molecular formula is C20H21N5OS. The number of anilines is 1. The molecule has 0 bridgehead atoms. The third-order valence-electron chi connectivity index (χ3n) is 3.98. The molecule has 0 atom stereocenters. The molecule has 0 aliphatic rings. The second-order valence-electron chi connectivity index (χ2n) is 6.62. The quantitative estimate of drug-likeness (QED) is 0.622. The molecule has 0 radical (unpaired) electrons. The van der Waals surface area contributed by atoms with Gasteiger partial charge in [0.15, 0.2) is 0 Å². The van der Waals surface area contributed by atoms with Gasteiger partial charge in [0.2, 0.25) is 11.0 Å². The molecular weight excluding hydrogens is 358 g/mol. The van der Waals surface area contributed by atoms with Gasteiger partial charge in [0.05, 0.1) is 12.5 Å².